The first-order chi connectivity index (χ1) is 21.1. The van der Waals surface area contributed by atoms with Gasteiger partial charge < -0.3 is 19.5 Å². The van der Waals surface area contributed by atoms with Crippen molar-refractivity contribution < 1.29 is 33.1 Å². The topological polar surface area (TPSA) is 120 Å². The predicted octanol–water partition coefficient (Wildman–Crippen LogP) is 4.48. The van der Waals surface area contributed by atoms with Crippen molar-refractivity contribution in [1.82, 2.24) is 14.4 Å². The van der Waals surface area contributed by atoms with E-state index in [2.05, 4.69) is 0 Å². The van der Waals surface area contributed by atoms with Crippen molar-refractivity contribution in [2.75, 3.05) is 37.6 Å². The highest BCUT2D eigenvalue weighted by molar-refractivity contribution is 8.18. The molecule has 0 unspecified atom stereocenters. The number of fused-ring (bicyclic) bond motifs is 1. The van der Waals surface area contributed by atoms with Gasteiger partial charge >= 0.3 is 5.97 Å². The largest absolute Gasteiger partial charge is 0.477 e. The molecule has 3 aliphatic rings. The van der Waals surface area contributed by atoms with Gasteiger partial charge in [-0.2, -0.15) is 0 Å². The highest BCUT2D eigenvalue weighted by Crippen LogP contribution is 2.38. The fourth-order valence-corrected chi connectivity index (χ4v) is 6.42. The van der Waals surface area contributed by atoms with E-state index in [0.717, 1.165) is 35.6 Å². The van der Waals surface area contributed by atoms with E-state index in [9.17, 15) is 33.5 Å². The maximum Gasteiger partial charge on any atom is 0.341 e. The Morgan fingerprint density at radius 1 is 1.00 bits per heavy atom. The average Bonchev–Trinajstić information content (AvgIpc) is 3.81. The van der Waals surface area contributed by atoms with Crippen molar-refractivity contribution >= 4 is 57.5 Å². The predicted molar refractivity (Wildman–Crippen MR) is 161 cm³/mol. The van der Waals surface area contributed by atoms with Crippen molar-refractivity contribution in [3.8, 4) is 0 Å². The minimum Gasteiger partial charge on any atom is -0.477 e. The molecule has 2 saturated heterocycles. The molecular formula is C31H28F2N4O6S. The van der Waals surface area contributed by atoms with Crippen LogP contribution in [0, 0.1) is 11.6 Å². The van der Waals surface area contributed by atoms with Gasteiger partial charge in [-0.3, -0.25) is 24.1 Å². The van der Waals surface area contributed by atoms with Gasteiger partial charge in [-0.25, -0.2) is 13.6 Å². The zero-order valence-electron chi connectivity index (χ0n) is 23.5. The van der Waals surface area contributed by atoms with E-state index >= 15 is 4.39 Å². The van der Waals surface area contributed by atoms with Crippen LogP contribution in [0.25, 0.3) is 17.0 Å². The number of carboxylic acid groups (broad SMARTS) is 1. The van der Waals surface area contributed by atoms with E-state index in [1.54, 1.807) is 20.4 Å². The van der Waals surface area contributed by atoms with Crippen LogP contribution < -0.4 is 10.3 Å². The molecule has 3 amide bonds. The van der Waals surface area contributed by atoms with Gasteiger partial charge in [0.1, 0.15) is 17.2 Å². The average molecular weight is 623 g/mol. The number of carbonyl (C=O) groups excluding carboxylic acids is 3. The molecule has 1 N–H and O–H groups in total. The number of rotatable bonds is 8. The van der Waals surface area contributed by atoms with E-state index in [4.69, 9.17) is 0 Å². The lowest BCUT2D eigenvalue weighted by atomic mass is 10.1. The van der Waals surface area contributed by atoms with Crippen LogP contribution >= 0.6 is 11.8 Å². The van der Waals surface area contributed by atoms with Gasteiger partial charge in [0.15, 0.2) is 0 Å². The maximum absolute atomic E-state index is 15.3. The molecule has 6 rings (SSSR count). The van der Waals surface area contributed by atoms with Crippen LogP contribution in [-0.4, -0.2) is 75.2 Å². The van der Waals surface area contributed by atoms with Crippen LogP contribution in [0.5, 0.6) is 0 Å². The number of hydrogen-bond acceptors (Lipinski definition) is 7. The second-order valence-electron chi connectivity index (χ2n) is 11.0. The number of pyridine rings is 1. The normalized spacial score (nSPS) is 18.1. The van der Waals surface area contributed by atoms with Gasteiger partial charge in [-0.05, 0) is 66.9 Å². The Morgan fingerprint density at radius 3 is 2.36 bits per heavy atom. The lowest BCUT2D eigenvalue weighted by Gasteiger charge is -2.36. The number of anilines is 1. The number of piperazine rings is 1. The molecule has 10 nitrogen and oxygen atoms in total. The molecule has 228 valence electrons. The third kappa shape index (κ3) is 5.83. The fourth-order valence-electron chi connectivity index (χ4n) is 5.55. The van der Waals surface area contributed by atoms with Gasteiger partial charge in [0, 0.05) is 56.8 Å². The summed E-state index contributed by atoms with van der Waals surface area (Å²) in [4.78, 5) is 67.2. The number of hydrogen-bond donors (Lipinski definition) is 1. The number of benzene rings is 2. The number of amides is 3. The van der Waals surface area contributed by atoms with Crippen molar-refractivity contribution in [2.24, 2.45) is 0 Å². The smallest absolute Gasteiger partial charge is 0.341 e. The number of thioether (sulfide) groups is 1. The first kappa shape index (κ1) is 29.5. The minimum atomic E-state index is -1.35. The molecule has 3 fully saturated rings. The Labute approximate surface area is 254 Å². The molecule has 0 atom stereocenters. The van der Waals surface area contributed by atoms with E-state index in [1.807, 2.05) is 0 Å². The van der Waals surface area contributed by atoms with E-state index in [1.165, 1.54) is 36.5 Å². The number of aromatic nitrogens is 1. The molecule has 2 aliphatic heterocycles. The molecule has 44 heavy (non-hydrogen) atoms. The van der Waals surface area contributed by atoms with Gasteiger partial charge in [0.2, 0.25) is 11.3 Å². The third-order valence-electron chi connectivity index (χ3n) is 8.06. The standard InChI is InChI=1S/C31H28F2N4O6S/c32-19-5-3-18(4-6-19)14-26-29(40)36(31(43)44-26)9-1-2-27(38)35-12-10-34(11-13-35)25-16-24-21(15-23(25)33)28(39)22(30(41)42)17-37(24)20-7-8-20/h3-6,14-17,20H,1-2,7-13H2,(H,41,42)/b26-14+. The number of carboxylic acids is 1. The molecule has 1 aliphatic carbocycles. The van der Waals surface area contributed by atoms with E-state index < -0.39 is 34.2 Å². The number of carbonyl (C=O) groups is 4. The number of nitrogens with zero attached hydrogens (tertiary/aromatic N) is 4. The number of imide groups is 1. The molecule has 0 bridgehead atoms. The quantitative estimate of drug-likeness (QED) is 0.366. The van der Waals surface area contributed by atoms with Crippen LogP contribution in [-0.2, 0) is 9.59 Å². The molecule has 13 heteroatoms. The van der Waals surface area contributed by atoms with Gasteiger partial charge in [0.05, 0.1) is 16.1 Å². The van der Waals surface area contributed by atoms with Crippen molar-refractivity contribution in [3.63, 3.8) is 0 Å². The molecule has 3 heterocycles. The molecule has 3 aromatic rings. The van der Waals surface area contributed by atoms with Gasteiger partial charge in [-0.1, -0.05) is 12.1 Å². The Hall–Kier alpha value is -4.52. The van der Waals surface area contributed by atoms with Crippen molar-refractivity contribution in [2.45, 2.75) is 31.7 Å². The molecule has 0 radical (unpaired) electrons. The lowest BCUT2D eigenvalue weighted by Crippen LogP contribution is -2.49. The molecule has 2 aromatic carbocycles. The highest BCUT2D eigenvalue weighted by atomic mass is 32.2. The van der Waals surface area contributed by atoms with Crippen LogP contribution in [0.1, 0.15) is 47.6 Å². The molecule has 0 spiro atoms. The summed E-state index contributed by atoms with van der Waals surface area (Å²) in [6.45, 7) is 1.47. The molecule has 1 aromatic heterocycles. The van der Waals surface area contributed by atoms with Crippen molar-refractivity contribution in [3.05, 3.63) is 80.5 Å². The first-order valence-electron chi connectivity index (χ1n) is 14.3. The lowest BCUT2D eigenvalue weighted by molar-refractivity contribution is -0.132. The zero-order valence-corrected chi connectivity index (χ0v) is 24.3. The Balaban J connectivity index is 1.06. The van der Waals surface area contributed by atoms with Crippen LogP contribution in [0.15, 0.2) is 52.3 Å². The number of halogens is 2. The summed E-state index contributed by atoms with van der Waals surface area (Å²) >= 11 is 0.804. The Morgan fingerprint density at radius 2 is 1.70 bits per heavy atom. The number of aromatic carboxylic acids is 1. The van der Waals surface area contributed by atoms with Crippen molar-refractivity contribution in [1.29, 1.82) is 0 Å². The van der Waals surface area contributed by atoms with Gasteiger partial charge in [-0.15, -0.1) is 0 Å². The van der Waals surface area contributed by atoms with Crippen LogP contribution in [0.3, 0.4) is 0 Å². The second-order valence-corrected chi connectivity index (χ2v) is 12.0. The van der Waals surface area contributed by atoms with E-state index in [0.29, 0.717) is 37.3 Å². The maximum atomic E-state index is 15.3. The highest BCUT2D eigenvalue weighted by Gasteiger charge is 2.35. The fraction of sp³-hybridized carbons (Fsp3) is 0.323. The summed E-state index contributed by atoms with van der Waals surface area (Å²) in [5.74, 6) is -2.97. The Bertz CT molecular complexity index is 1780. The second kappa shape index (κ2) is 11.9. The monoisotopic (exact) mass is 622 g/mol. The molecule has 1 saturated carbocycles. The summed E-state index contributed by atoms with van der Waals surface area (Å²) in [5.41, 5.74) is 0.260. The van der Waals surface area contributed by atoms with Crippen LogP contribution in [0.2, 0.25) is 0 Å². The van der Waals surface area contributed by atoms with Gasteiger partial charge in [0.25, 0.3) is 11.1 Å². The minimum absolute atomic E-state index is 0.0262. The van der Waals surface area contributed by atoms with E-state index in [-0.39, 0.29) is 52.9 Å². The Kier molecular flexibility index (Phi) is 7.97. The summed E-state index contributed by atoms with van der Waals surface area (Å²) in [6.07, 6.45) is 4.98. The summed E-state index contributed by atoms with van der Waals surface area (Å²) in [5, 5.41) is 9.06. The first-order valence-corrected chi connectivity index (χ1v) is 15.1. The summed E-state index contributed by atoms with van der Waals surface area (Å²) in [6, 6.07) is 8.33. The summed E-state index contributed by atoms with van der Waals surface area (Å²) < 4.78 is 30.2. The van der Waals surface area contributed by atoms with Crippen LogP contribution in [0.4, 0.5) is 19.3 Å². The summed E-state index contributed by atoms with van der Waals surface area (Å²) in [7, 11) is 0. The SMILES string of the molecule is O=C(O)c1cn(C2CC2)c2cc(N3CCN(C(=O)CCCN4C(=O)S/C(=C/c5ccc(F)cc5)C4=O)CC3)c(F)cc2c1=O. The molecular weight excluding hydrogens is 594 g/mol. The third-order valence-corrected chi connectivity index (χ3v) is 8.97. The zero-order chi connectivity index (χ0) is 31.1.